The first-order valence-electron chi connectivity index (χ1n) is 8.33. The molecule has 23 heavy (non-hydrogen) atoms. The van der Waals surface area contributed by atoms with Gasteiger partial charge in [-0.2, -0.15) is 11.8 Å². The number of thioether (sulfide) groups is 1. The van der Waals surface area contributed by atoms with Crippen molar-refractivity contribution in [1.29, 1.82) is 0 Å². The first-order valence-corrected chi connectivity index (χ1v) is 9.62. The lowest BCUT2D eigenvalue weighted by molar-refractivity contribution is 0.0341. The van der Waals surface area contributed by atoms with E-state index < -0.39 is 0 Å². The van der Waals surface area contributed by atoms with E-state index in [1.807, 2.05) is 35.0 Å². The average Bonchev–Trinajstić information content (AvgIpc) is 2.63. The van der Waals surface area contributed by atoms with Gasteiger partial charge < -0.3 is 9.64 Å². The lowest BCUT2D eigenvalue weighted by Crippen LogP contribution is -2.39. The average molecular weight is 335 g/mol. The number of piperidine rings is 1. The Labute approximate surface area is 142 Å². The van der Waals surface area contributed by atoms with Gasteiger partial charge in [-0.3, -0.25) is 14.7 Å². The molecule has 2 saturated heterocycles. The van der Waals surface area contributed by atoms with E-state index >= 15 is 0 Å². The number of hydrogen-bond donors (Lipinski definition) is 0. The van der Waals surface area contributed by atoms with Gasteiger partial charge >= 0.3 is 0 Å². The van der Waals surface area contributed by atoms with Crippen LogP contribution in [0.4, 0.5) is 0 Å². The molecule has 126 valence electrons. The molecule has 0 bridgehead atoms. The van der Waals surface area contributed by atoms with E-state index in [0.29, 0.717) is 10.9 Å². The summed E-state index contributed by atoms with van der Waals surface area (Å²) in [5.74, 6) is 0.0717. The molecule has 1 aromatic heterocycles. The van der Waals surface area contributed by atoms with Crippen LogP contribution in [0.2, 0.25) is 0 Å². The molecular weight excluding hydrogens is 310 g/mol. The zero-order valence-electron chi connectivity index (χ0n) is 13.7. The van der Waals surface area contributed by atoms with E-state index in [2.05, 4.69) is 16.1 Å². The minimum atomic E-state index is 0.0717. The molecule has 0 atom stereocenters. The molecule has 0 radical (unpaired) electrons. The second-order valence-electron chi connectivity index (χ2n) is 6.17. The fourth-order valence-electron chi connectivity index (χ4n) is 3.12. The summed E-state index contributed by atoms with van der Waals surface area (Å²) in [5.41, 5.74) is 1.72. The monoisotopic (exact) mass is 335 g/mol. The second kappa shape index (κ2) is 8.13. The predicted octanol–water partition coefficient (Wildman–Crippen LogP) is 1.88. The lowest BCUT2D eigenvalue weighted by Gasteiger charge is -2.31. The topological polar surface area (TPSA) is 45.7 Å². The highest BCUT2D eigenvalue weighted by Crippen LogP contribution is 2.22. The van der Waals surface area contributed by atoms with Crippen LogP contribution in [0, 0.1) is 0 Å². The number of nitrogens with zero attached hydrogens (tertiary/aromatic N) is 3. The van der Waals surface area contributed by atoms with Crippen LogP contribution in [-0.2, 0) is 11.3 Å². The summed E-state index contributed by atoms with van der Waals surface area (Å²) in [6, 6.07) is 3.91. The summed E-state index contributed by atoms with van der Waals surface area (Å²) >= 11 is 1.91. The molecule has 3 rings (SSSR count). The Hall–Kier alpha value is -1.11. The van der Waals surface area contributed by atoms with Crippen LogP contribution in [0.5, 0.6) is 0 Å². The predicted molar refractivity (Wildman–Crippen MR) is 92.8 cm³/mol. The third-order valence-electron chi connectivity index (χ3n) is 4.62. The lowest BCUT2D eigenvalue weighted by atomic mass is 10.1. The number of aromatic nitrogens is 1. The van der Waals surface area contributed by atoms with Crippen LogP contribution < -0.4 is 0 Å². The number of morpholine rings is 1. The molecule has 6 heteroatoms. The van der Waals surface area contributed by atoms with Crippen LogP contribution in [0.1, 0.15) is 28.9 Å². The molecule has 2 fully saturated rings. The summed E-state index contributed by atoms with van der Waals surface area (Å²) in [4.78, 5) is 21.2. The summed E-state index contributed by atoms with van der Waals surface area (Å²) < 4.78 is 5.36. The molecule has 0 aliphatic carbocycles. The van der Waals surface area contributed by atoms with Crippen molar-refractivity contribution >= 4 is 17.7 Å². The summed E-state index contributed by atoms with van der Waals surface area (Å²) in [5, 5.41) is 0.697. The van der Waals surface area contributed by atoms with Gasteiger partial charge in [0, 0.05) is 44.2 Å². The quantitative estimate of drug-likeness (QED) is 0.841. The Morgan fingerprint density at radius 1 is 1.26 bits per heavy atom. The van der Waals surface area contributed by atoms with Crippen LogP contribution in [0.3, 0.4) is 0 Å². The molecule has 5 nitrogen and oxygen atoms in total. The Morgan fingerprint density at radius 2 is 2.00 bits per heavy atom. The van der Waals surface area contributed by atoms with E-state index in [1.165, 1.54) is 0 Å². The summed E-state index contributed by atoms with van der Waals surface area (Å²) in [7, 11) is 0. The van der Waals surface area contributed by atoms with Gasteiger partial charge in [0.2, 0.25) is 0 Å². The van der Waals surface area contributed by atoms with Crippen LogP contribution in [-0.4, -0.2) is 71.6 Å². The maximum atomic E-state index is 12.5. The van der Waals surface area contributed by atoms with E-state index in [0.717, 1.165) is 64.3 Å². The van der Waals surface area contributed by atoms with Crippen molar-refractivity contribution in [2.45, 2.75) is 24.6 Å². The molecule has 2 aliphatic rings. The molecule has 0 aromatic carbocycles. The molecule has 1 amide bonds. The Bertz CT molecular complexity index is 509. The minimum Gasteiger partial charge on any atom is -0.379 e. The molecule has 0 spiro atoms. The minimum absolute atomic E-state index is 0.0717. The van der Waals surface area contributed by atoms with Gasteiger partial charge in [0.25, 0.3) is 5.91 Å². The maximum absolute atomic E-state index is 12.5. The highest BCUT2D eigenvalue weighted by molar-refractivity contribution is 7.99. The molecule has 0 unspecified atom stereocenters. The van der Waals surface area contributed by atoms with Crippen LogP contribution >= 0.6 is 11.8 Å². The van der Waals surface area contributed by atoms with E-state index in [1.54, 1.807) is 0 Å². The van der Waals surface area contributed by atoms with Crippen molar-refractivity contribution in [3.8, 4) is 0 Å². The zero-order chi connectivity index (χ0) is 16.1. The third-order valence-corrected chi connectivity index (χ3v) is 5.75. The highest BCUT2D eigenvalue weighted by Gasteiger charge is 2.23. The number of carbonyl (C=O) groups is 1. The Morgan fingerprint density at radius 3 is 2.61 bits per heavy atom. The SMILES string of the molecule is CSC1CCN(C(=O)c2ccc(CN3CCOCC3)cn2)CC1. The zero-order valence-corrected chi connectivity index (χ0v) is 14.6. The molecule has 3 heterocycles. The molecule has 1 aromatic rings. The second-order valence-corrected chi connectivity index (χ2v) is 7.31. The summed E-state index contributed by atoms with van der Waals surface area (Å²) in [6.45, 7) is 6.11. The Balaban J connectivity index is 1.55. The summed E-state index contributed by atoms with van der Waals surface area (Å²) in [6.07, 6.45) is 6.16. The van der Waals surface area contributed by atoms with Gasteiger partial charge in [-0.15, -0.1) is 0 Å². The first-order chi connectivity index (χ1) is 11.3. The van der Waals surface area contributed by atoms with E-state index in [4.69, 9.17) is 4.74 Å². The van der Waals surface area contributed by atoms with Gasteiger partial charge in [0.1, 0.15) is 5.69 Å². The van der Waals surface area contributed by atoms with Crippen molar-refractivity contribution in [3.63, 3.8) is 0 Å². The van der Waals surface area contributed by atoms with Crippen molar-refractivity contribution in [2.24, 2.45) is 0 Å². The van der Waals surface area contributed by atoms with Crippen LogP contribution in [0.25, 0.3) is 0 Å². The number of ether oxygens (including phenoxy) is 1. The van der Waals surface area contributed by atoms with E-state index in [-0.39, 0.29) is 5.91 Å². The highest BCUT2D eigenvalue weighted by atomic mass is 32.2. The van der Waals surface area contributed by atoms with Gasteiger partial charge in [-0.25, -0.2) is 0 Å². The van der Waals surface area contributed by atoms with Gasteiger partial charge in [0.15, 0.2) is 0 Å². The number of rotatable bonds is 4. The van der Waals surface area contributed by atoms with Crippen LogP contribution in [0.15, 0.2) is 18.3 Å². The normalized spacial score (nSPS) is 20.7. The smallest absolute Gasteiger partial charge is 0.272 e. The third kappa shape index (κ3) is 4.46. The number of hydrogen-bond acceptors (Lipinski definition) is 5. The van der Waals surface area contributed by atoms with Crippen molar-refractivity contribution in [2.75, 3.05) is 45.6 Å². The molecule has 0 N–H and O–H groups in total. The van der Waals surface area contributed by atoms with Gasteiger partial charge in [-0.1, -0.05) is 6.07 Å². The van der Waals surface area contributed by atoms with Gasteiger partial charge in [-0.05, 0) is 30.7 Å². The van der Waals surface area contributed by atoms with Crippen molar-refractivity contribution in [3.05, 3.63) is 29.6 Å². The largest absolute Gasteiger partial charge is 0.379 e. The fourth-order valence-corrected chi connectivity index (χ4v) is 3.80. The fraction of sp³-hybridized carbons (Fsp3) is 0.647. The maximum Gasteiger partial charge on any atom is 0.272 e. The number of pyridine rings is 1. The first kappa shape index (κ1) is 16.7. The standard InChI is InChI=1S/C17H25N3O2S/c1-23-15-4-6-20(7-5-15)17(21)16-3-2-14(12-18-16)13-19-8-10-22-11-9-19/h2-3,12,15H,4-11,13H2,1H3. The van der Waals surface area contributed by atoms with Crippen molar-refractivity contribution < 1.29 is 9.53 Å². The molecule has 0 saturated carbocycles. The molecular formula is C17H25N3O2S. The molecule has 2 aliphatic heterocycles. The van der Waals surface area contributed by atoms with E-state index in [9.17, 15) is 4.79 Å². The van der Waals surface area contributed by atoms with Crippen molar-refractivity contribution in [1.82, 2.24) is 14.8 Å². The van der Waals surface area contributed by atoms with Gasteiger partial charge in [0.05, 0.1) is 13.2 Å². The number of carbonyl (C=O) groups excluding carboxylic acids is 1. The number of amides is 1. The Kier molecular flexibility index (Phi) is 5.91. The number of likely N-dealkylation sites (tertiary alicyclic amines) is 1.